The summed E-state index contributed by atoms with van der Waals surface area (Å²) in [6.45, 7) is 3.86. The number of H-pyrrole nitrogens is 1. The average molecular weight is 424 g/mol. The van der Waals surface area contributed by atoms with Gasteiger partial charge in [-0.05, 0) is 43.5 Å². The van der Waals surface area contributed by atoms with Crippen LogP contribution in [0, 0.1) is 0 Å². The number of nitrogens with one attached hydrogen (secondary N) is 1. The summed E-state index contributed by atoms with van der Waals surface area (Å²) in [6.07, 6.45) is 1.71. The third kappa shape index (κ3) is 3.50. The molecule has 5 nitrogen and oxygen atoms in total. The number of Topliss-reactive ketones (excluding diaryl/α,β-unsaturated/α-hetero) is 1. The number of hydrogen-bond donors (Lipinski definition) is 1. The van der Waals surface area contributed by atoms with Gasteiger partial charge in [0, 0.05) is 12.0 Å². The number of hydrogen-bond acceptors (Lipinski definition) is 3. The summed E-state index contributed by atoms with van der Waals surface area (Å²) >= 11 is 0. The van der Waals surface area contributed by atoms with Crippen LogP contribution in [0.3, 0.4) is 0 Å². The van der Waals surface area contributed by atoms with Crippen molar-refractivity contribution in [3.63, 3.8) is 0 Å². The smallest absolute Gasteiger partial charge is 0.237 e. The van der Waals surface area contributed by atoms with Crippen LogP contribution in [-0.4, -0.2) is 28.2 Å². The van der Waals surface area contributed by atoms with Crippen LogP contribution in [0.25, 0.3) is 11.0 Å². The fraction of sp³-hybridized carbons (Fsp3) is 0.222. The Morgan fingerprint density at radius 1 is 0.969 bits per heavy atom. The Hall–Kier alpha value is -3.73. The molecule has 0 unspecified atom stereocenters. The molecule has 1 aliphatic heterocycles. The van der Waals surface area contributed by atoms with Gasteiger partial charge < -0.3 is 9.88 Å². The van der Waals surface area contributed by atoms with E-state index >= 15 is 0 Å². The number of aromatic amines is 1. The first-order chi connectivity index (χ1) is 15.4. The summed E-state index contributed by atoms with van der Waals surface area (Å²) in [5.74, 6) is 0.783. The molecular weight excluding hydrogens is 398 g/mol. The molecule has 1 aliphatic rings. The van der Waals surface area contributed by atoms with E-state index in [1.54, 1.807) is 17.0 Å². The second kappa shape index (κ2) is 7.75. The van der Waals surface area contributed by atoms with Gasteiger partial charge in [0.25, 0.3) is 0 Å². The number of rotatable bonds is 6. The molecule has 3 aromatic carbocycles. The van der Waals surface area contributed by atoms with E-state index in [1.807, 2.05) is 62.4 Å². The largest absolute Gasteiger partial charge is 0.342 e. The lowest BCUT2D eigenvalue weighted by atomic mass is 9.86. The monoisotopic (exact) mass is 423 g/mol. The van der Waals surface area contributed by atoms with Crippen molar-refractivity contribution in [2.75, 3.05) is 11.4 Å². The molecule has 0 bridgehead atoms. The number of carbonyl (C=O) groups excluding carboxylic acids is 2. The quantitative estimate of drug-likeness (QED) is 0.451. The SMILES string of the molecule is CC1(C)C(=O)N(CC(=O)c2ccccc2)c2cc3nc(CCc4ccccc4)[nH]c3cc21. The zero-order valence-electron chi connectivity index (χ0n) is 18.3. The molecule has 4 aromatic rings. The molecule has 32 heavy (non-hydrogen) atoms. The van der Waals surface area contributed by atoms with E-state index in [9.17, 15) is 9.59 Å². The highest BCUT2D eigenvalue weighted by molar-refractivity contribution is 6.13. The third-order valence-electron chi connectivity index (χ3n) is 6.28. The highest BCUT2D eigenvalue weighted by Gasteiger charge is 2.44. The molecule has 1 N–H and O–H groups in total. The van der Waals surface area contributed by atoms with Gasteiger partial charge >= 0.3 is 0 Å². The van der Waals surface area contributed by atoms with Crippen molar-refractivity contribution in [1.29, 1.82) is 0 Å². The first-order valence-corrected chi connectivity index (χ1v) is 10.9. The Bertz CT molecular complexity index is 1310. The number of aromatic nitrogens is 2. The highest BCUT2D eigenvalue weighted by Crippen LogP contribution is 2.43. The number of benzene rings is 3. The van der Waals surface area contributed by atoms with Crippen LogP contribution in [-0.2, 0) is 23.1 Å². The summed E-state index contributed by atoms with van der Waals surface area (Å²) in [6, 6.07) is 23.4. The van der Waals surface area contributed by atoms with Gasteiger partial charge in [-0.3, -0.25) is 9.59 Å². The van der Waals surface area contributed by atoms with Crippen molar-refractivity contribution in [2.45, 2.75) is 32.1 Å². The Labute approximate surface area is 187 Å². The third-order valence-corrected chi connectivity index (χ3v) is 6.28. The molecule has 0 atom stereocenters. The van der Waals surface area contributed by atoms with Gasteiger partial charge in [-0.15, -0.1) is 0 Å². The minimum absolute atomic E-state index is 0.0239. The predicted octanol–water partition coefficient (Wildman–Crippen LogP) is 4.86. The van der Waals surface area contributed by atoms with Gasteiger partial charge in [-0.2, -0.15) is 0 Å². The Kier molecular flexibility index (Phi) is 4.89. The fourth-order valence-corrected chi connectivity index (χ4v) is 4.43. The Morgan fingerprint density at radius 2 is 1.66 bits per heavy atom. The maximum absolute atomic E-state index is 13.2. The van der Waals surface area contributed by atoms with Crippen molar-refractivity contribution >= 4 is 28.4 Å². The van der Waals surface area contributed by atoms with E-state index in [0.717, 1.165) is 41.0 Å². The van der Waals surface area contributed by atoms with Crippen LogP contribution < -0.4 is 4.90 Å². The zero-order chi connectivity index (χ0) is 22.3. The number of ketones is 1. The summed E-state index contributed by atoms with van der Waals surface area (Å²) in [5.41, 5.74) is 4.62. The van der Waals surface area contributed by atoms with Crippen molar-refractivity contribution in [2.24, 2.45) is 0 Å². The van der Waals surface area contributed by atoms with Gasteiger partial charge in [-0.25, -0.2) is 4.98 Å². The second-order valence-electron chi connectivity index (χ2n) is 8.86. The minimum atomic E-state index is -0.699. The van der Waals surface area contributed by atoms with E-state index in [2.05, 4.69) is 17.1 Å². The minimum Gasteiger partial charge on any atom is -0.342 e. The van der Waals surface area contributed by atoms with Gasteiger partial charge in [0.05, 0.1) is 28.7 Å². The van der Waals surface area contributed by atoms with Crippen LogP contribution in [0.1, 0.15) is 41.2 Å². The van der Waals surface area contributed by atoms with Crippen LogP contribution in [0.4, 0.5) is 5.69 Å². The topological polar surface area (TPSA) is 66.1 Å². The molecule has 0 spiro atoms. The molecule has 0 saturated heterocycles. The first-order valence-electron chi connectivity index (χ1n) is 10.9. The van der Waals surface area contributed by atoms with Crippen LogP contribution in [0.15, 0.2) is 72.8 Å². The average Bonchev–Trinajstić information content (AvgIpc) is 3.29. The molecule has 2 heterocycles. The van der Waals surface area contributed by atoms with Gasteiger partial charge in [-0.1, -0.05) is 60.7 Å². The Balaban J connectivity index is 1.45. The maximum Gasteiger partial charge on any atom is 0.237 e. The van der Waals surface area contributed by atoms with Crippen molar-refractivity contribution in [3.8, 4) is 0 Å². The molecule has 5 heteroatoms. The highest BCUT2D eigenvalue weighted by atomic mass is 16.2. The second-order valence-corrected chi connectivity index (χ2v) is 8.86. The van der Waals surface area contributed by atoms with Crippen LogP contribution in [0.2, 0.25) is 0 Å². The normalized spacial score (nSPS) is 14.7. The van der Waals surface area contributed by atoms with Crippen LogP contribution in [0.5, 0.6) is 0 Å². The van der Waals surface area contributed by atoms with Crippen molar-refractivity contribution in [1.82, 2.24) is 9.97 Å². The van der Waals surface area contributed by atoms with E-state index in [0.29, 0.717) is 5.56 Å². The molecule has 5 rings (SSSR count). The molecule has 160 valence electrons. The summed E-state index contributed by atoms with van der Waals surface area (Å²) in [4.78, 5) is 35.9. The number of imidazole rings is 1. The molecular formula is C27H25N3O2. The number of fused-ring (bicyclic) bond motifs is 2. The lowest BCUT2D eigenvalue weighted by Gasteiger charge is -2.19. The summed E-state index contributed by atoms with van der Waals surface area (Å²) in [5, 5.41) is 0. The first kappa shape index (κ1) is 20.2. The lowest BCUT2D eigenvalue weighted by molar-refractivity contribution is -0.122. The fourth-order valence-electron chi connectivity index (χ4n) is 4.43. The zero-order valence-corrected chi connectivity index (χ0v) is 18.3. The van der Waals surface area contributed by atoms with Gasteiger partial charge in [0.1, 0.15) is 5.82 Å². The predicted molar refractivity (Wildman–Crippen MR) is 126 cm³/mol. The molecule has 1 amide bonds. The number of amides is 1. The van der Waals surface area contributed by atoms with Crippen molar-refractivity contribution in [3.05, 3.63) is 95.3 Å². The number of aryl methyl sites for hydroxylation is 2. The lowest BCUT2D eigenvalue weighted by Crippen LogP contribution is -2.39. The van der Waals surface area contributed by atoms with Gasteiger partial charge in [0.15, 0.2) is 5.78 Å². The van der Waals surface area contributed by atoms with Gasteiger partial charge in [0.2, 0.25) is 5.91 Å². The molecule has 0 aliphatic carbocycles. The molecule has 0 fully saturated rings. The summed E-state index contributed by atoms with van der Waals surface area (Å²) in [7, 11) is 0. The maximum atomic E-state index is 13.2. The number of nitrogens with zero attached hydrogens (tertiary/aromatic N) is 2. The van der Waals surface area contributed by atoms with E-state index in [-0.39, 0.29) is 18.2 Å². The van der Waals surface area contributed by atoms with Crippen molar-refractivity contribution < 1.29 is 9.59 Å². The Morgan fingerprint density at radius 3 is 2.38 bits per heavy atom. The molecule has 0 saturated carbocycles. The number of anilines is 1. The molecule has 1 aromatic heterocycles. The molecule has 0 radical (unpaired) electrons. The number of carbonyl (C=O) groups is 2. The van der Waals surface area contributed by atoms with Crippen LogP contribution >= 0.6 is 0 Å². The summed E-state index contributed by atoms with van der Waals surface area (Å²) < 4.78 is 0. The van der Waals surface area contributed by atoms with E-state index < -0.39 is 5.41 Å². The van der Waals surface area contributed by atoms with E-state index in [4.69, 9.17) is 4.98 Å². The standard InChI is InChI=1S/C27H25N3O2/c1-27(2)20-15-21-22(29-25(28-21)14-13-18-9-5-3-6-10-18)16-23(20)30(26(27)32)17-24(31)19-11-7-4-8-12-19/h3-12,15-16H,13-14,17H2,1-2H3,(H,28,29). The van der Waals surface area contributed by atoms with E-state index in [1.165, 1.54) is 5.56 Å².